The molecule has 0 aromatic carbocycles. The number of nitrogens with one attached hydrogen (secondary N) is 1. The minimum Gasteiger partial charge on any atom is -0.340 e. The highest BCUT2D eigenvalue weighted by Crippen LogP contribution is 2.20. The number of hydrogen-bond donors (Lipinski definition) is 1. The molecule has 1 amide bonds. The van der Waals surface area contributed by atoms with Crippen LogP contribution in [0.15, 0.2) is 24.5 Å². The molecular weight excluding hydrogens is 311 g/mol. The van der Waals surface area contributed by atoms with E-state index in [-0.39, 0.29) is 11.6 Å². The summed E-state index contributed by atoms with van der Waals surface area (Å²) in [6.45, 7) is 5.66. The number of pyridine rings is 1. The minimum atomic E-state index is -0.666. The van der Waals surface area contributed by atoms with Crippen LogP contribution >= 0.6 is 0 Å². The summed E-state index contributed by atoms with van der Waals surface area (Å²) in [6, 6.07) is 4.80. The van der Waals surface area contributed by atoms with Crippen molar-refractivity contribution in [2.24, 2.45) is 13.0 Å². The first kappa shape index (κ1) is 16.1. The van der Waals surface area contributed by atoms with Gasteiger partial charge >= 0.3 is 0 Å². The summed E-state index contributed by atoms with van der Waals surface area (Å²) in [5, 5.41) is 6.84. The van der Waals surface area contributed by atoms with Gasteiger partial charge in [0.2, 0.25) is 5.95 Å². The molecule has 0 aliphatic rings. The Morgan fingerprint density at radius 1 is 1.33 bits per heavy atom. The topological polar surface area (TPSA) is 77.1 Å². The summed E-state index contributed by atoms with van der Waals surface area (Å²) in [5.74, 6) is -0.573. The predicted octanol–water partition coefficient (Wildman–Crippen LogP) is 2.04. The number of hydrogen-bond acceptors (Lipinski definition) is 4. The van der Waals surface area contributed by atoms with Crippen molar-refractivity contribution in [1.29, 1.82) is 0 Å². The van der Waals surface area contributed by atoms with Gasteiger partial charge < -0.3 is 5.32 Å². The molecule has 0 saturated heterocycles. The van der Waals surface area contributed by atoms with Gasteiger partial charge in [-0.05, 0) is 25.0 Å². The molecule has 0 fully saturated rings. The first-order valence-electron chi connectivity index (χ1n) is 7.68. The third-order valence-corrected chi connectivity index (χ3v) is 3.98. The van der Waals surface area contributed by atoms with Crippen LogP contribution in [0.1, 0.15) is 41.9 Å². The molecule has 7 nitrogen and oxygen atoms in total. The van der Waals surface area contributed by atoms with Crippen molar-refractivity contribution in [3.63, 3.8) is 0 Å². The number of fused-ring (bicyclic) bond motifs is 1. The number of imidazole rings is 1. The standard InChI is InChI=1S/C16H19FN6O/c1-9(2)12(15-18-8-19-22(15)4)21-16(24)13-14(17)23-10(3)6-5-7-11(23)20-13/h5-9,12H,1-4H3,(H,21,24)/t12-/m0/s1. The molecule has 0 bridgehead atoms. The zero-order valence-corrected chi connectivity index (χ0v) is 14.0. The second-order valence-electron chi connectivity index (χ2n) is 6.05. The lowest BCUT2D eigenvalue weighted by Crippen LogP contribution is -2.34. The van der Waals surface area contributed by atoms with Crippen molar-refractivity contribution < 1.29 is 9.18 Å². The number of aromatic nitrogens is 5. The van der Waals surface area contributed by atoms with Gasteiger partial charge in [-0.2, -0.15) is 9.49 Å². The summed E-state index contributed by atoms with van der Waals surface area (Å²) in [4.78, 5) is 20.9. The summed E-state index contributed by atoms with van der Waals surface area (Å²) in [7, 11) is 1.75. The van der Waals surface area contributed by atoms with E-state index in [2.05, 4.69) is 20.4 Å². The second-order valence-corrected chi connectivity index (χ2v) is 6.05. The van der Waals surface area contributed by atoms with Crippen LogP contribution in [0, 0.1) is 18.8 Å². The fourth-order valence-electron chi connectivity index (χ4n) is 2.68. The maximum absolute atomic E-state index is 14.6. The molecule has 126 valence electrons. The average molecular weight is 330 g/mol. The molecule has 3 rings (SSSR count). The Morgan fingerprint density at radius 2 is 2.08 bits per heavy atom. The molecule has 24 heavy (non-hydrogen) atoms. The molecule has 0 saturated carbocycles. The SMILES string of the molecule is Cc1cccc2nc(C(=O)N[C@H](c3ncnn3C)C(C)C)c(F)n12. The Bertz CT molecular complexity index is 897. The fraction of sp³-hybridized carbons (Fsp3) is 0.375. The highest BCUT2D eigenvalue weighted by molar-refractivity contribution is 5.93. The first-order valence-corrected chi connectivity index (χ1v) is 7.68. The number of carbonyl (C=O) groups is 1. The van der Waals surface area contributed by atoms with Crippen LogP contribution in [0.5, 0.6) is 0 Å². The van der Waals surface area contributed by atoms with Crippen LogP contribution in [0.4, 0.5) is 4.39 Å². The Hall–Kier alpha value is -2.77. The Kier molecular flexibility index (Phi) is 4.04. The number of amides is 1. The molecule has 0 unspecified atom stereocenters. The second kappa shape index (κ2) is 6.03. The third kappa shape index (κ3) is 2.64. The quantitative estimate of drug-likeness (QED) is 0.794. The van der Waals surface area contributed by atoms with Gasteiger partial charge in [0.15, 0.2) is 5.69 Å². The lowest BCUT2D eigenvalue weighted by atomic mass is 10.0. The van der Waals surface area contributed by atoms with Crippen molar-refractivity contribution in [3.8, 4) is 0 Å². The number of halogens is 1. The third-order valence-electron chi connectivity index (χ3n) is 3.98. The molecule has 0 aliphatic heterocycles. The molecule has 0 aliphatic carbocycles. The molecule has 0 spiro atoms. The summed E-state index contributed by atoms with van der Waals surface area (Å²) in [6.07, 6.45) is 1.42. The van der Waals surface area contributed by atoms with Crippen molar-refractivity contribution >= 4 is 11.6 Å². The summed E-state index contributed by atoms with van der Waals surface area (Å²) < 4.78 is 17.5. The molecule has 3 heterocycles. The summed E-state index contributed by atoms with van der Waals surface area (Å²) >= 11 is 0. The number of rotatable bonds is 4. The fourth-order valence-corrected chi connectivity index (χ4v) is 2.68. The van der Waals surface area contributed by atoms with Crippen LogP contribution in [-0.4, -0.2) is 30.1 Å². The van der Waals surface area contributed by atoms with Gasteiger partial charge in [-0.25, -0.2) is 9.97 Å². The van der Waals surface area contributed by atoms with E-state index in [4.69, 9.17) is 0 Å². The normalized spacial score (nSPS) is 12.8. The van der Waals surface area contributed by atoms with Gasteiger partial charge in [0.1, 0.15) is 17.8 Å². The van der Waals surface area contributed by atoms with Gasteiger partial charge in [0, 0.05) is 12.7 Å². The van der Waals surface area contributed by atoms with Crippen LogP contribution in [0.2, 0.25) is 0 Å². The first-order chi connectivity index (χ1) is 11.4. The molecular formula is C16H19FN6O. The average Bonchev–Trinajstić information content (AvgIpc) is 3.09. The van der Waals surface area contributed by atoms with Gasteiger partial charge in [0.25, 0.3) is 5.91 Å². The van der Waals surface area contributed by atoms with E-state index in [1.165, 1.54) is 10.7 Å². The smallest absolute Gasteiger partial charge is 0.275 e. The van der Waals surface area contributed by atoms with E-state index < -0.39 is 17.9 Å². The van der Waals surface area contributed by atoms with E-state index in [0.717, 1.165) is 0 Å². The molecule has 3 aromatic heterocycles. The molecule has 3 aromatic rings. The number of carbonyl (C=O) groups excluding carboxylic acids is 1. The monoisotopic (exact) mass is 330 g/mol. The van der Waals surface area contributed by atoms with Crippen molar-refractivity contribution in [2.45, 2.75) is 26.8 Å². The maximum Gasteiger partial charge on any atom is 0.275 e. The number of aryl methyl sites for hydroxylation is 2. The Balaban J connectivity index is 1.96. The molecule has 1 N–H and O–H groups in total. The zero-order chi connectivity index (χ0) is 17.4. The van der Waals surface area contributed by atoms with Gasteiger partial charge in [-0.15, -0.1) is 0 Å². The Labute approximate surface area is 138 Å². The molecule has 0 radical (unpaired) electrons. The minimum absolute atomic E-state index is 0.0543. The summed E-state index contributed by atoms with van der Waals surface area (Å²) in [5.41, 5.74) is 0.847. The predicted molar refractivity (Wildman–Crippen MR) is 85.9 cm³/mol. The molecule has 1 atom stereocenters. The molecule has 8 heteroatoms. The van der Waals surface area contributed by atoms with E-state index in [9.17, 15) is 9.18 Å². The van der Waals surface area contributed by atoms with Crippen LogP contribution < -0.4 is 5.32 Å². The van der Waals surface area contributed by atoms with E-state index in [1.807, 2.05) is 13.8 Å². The van der Waals surface area contributed by atoms with Crippen molar-refractivity contribution in [2.75, 3.05) is 0 Å². The van der Waals surface area contributed by atoms with E-state index in [1.54, 1.807) is 36.9 Å². The highest BCUT2D eigenvalue weighted by atomic mass is 19.1. The lowest BCUT2D eigenvalue weighted by Gasteiger charge is -2.20. The maximum atomic E-state index is 14.6. The highest BCUT2D eigenvalue weighted by Gasteiger charge is 2.27. The largest absolute Gasteiger partial charge is 0.340 e. The lowest BCUT2D eigenvalue weighted by molar-refractivity contribution is 0.0913. The van der Waals surface area contributed by atoms with Crippen LogP contribution in [0.3, 0.4) is 0 Å². The van der Waals surface area contributed by atoms with Gasteiger partial charge in [0.05, 0.1) is 6.04 Å². The zero-order valence-electron chi connectivity index (χ0n) is 14.0. The number of nitrogens with zero attached hydrogens (tertiary/aromatic N) is 5. The van der Waals surface area contributed by atoms with Crippen LogP contribution in [-0.2, 0) is 7.05 Å². The van der Waals surface area contributed by atoms with E-state index in [0.29, 0.717) is 17.2 Å². The van der Waals surface area contributed by atoms with Crippen molar-refractivity contribution in [1.82, 2.24) is 29.5 Å². The van der Waals surface area contributed by atoms with Crippen molar-refractivity contribution in [3.05, 3.63) is 47.7 Å². The van der Waals surface area contributed by atoms with Crippen LogP contribution in [0.25, 0.3) is 5.65 Å². The van der Waals surface area contributed by atoms with E-state index >= 15 is 0 Å². The van der Waals surface area contributed by atoms with Gasteiger partial charge in [-0.3, -0.25) is 13.9 Å². The Morgan fingerprint density at radius 3 is 2.67 bits per heavy atom. The van der Waals surface area contributed by atoms with Gasteiger partial charge in [-0.1, -0.05) is 19.9 Å².